The Kier molecular flexibility index (Phi) is 5.42. The van der Waals surface area contributed by atoms with Crippen LogP contribution in [0.15, 0.2) is 18.2 Å². The molecule has 0 bridgehead atoms. The quantitative estimate of drug-likeness (QED) is 0.576. The van der Waals surface area contributed by atoms with Gasteiger partial charge in [-0.2, -0.15) is 0 Å². The van der Waals surface area contributed by atoms with Crippen molar-refractivity contribution in [1.29, 1.82) is 0 Å². The molecule has 1 aromatic carbocycles. The third kappa shape index (κ3) is 3.62. The minimum atomic E-state index is -0.728. The highest BCUT2D eigenvalue weighted by molar-refractivity contribution is 5.97. The molecule has 1 atom stereocenters. The van der Waals surface area contributed by atoms with Crippen LogP contribution in [0, 0.1) is 10.1 Å². The average molecular weight is 350 g/mol. The van der Waals surface area contributed by atoms with E-state index in [0.717, 1.165) is 0 Å². The molecule has 2 N–H and O–H groups in total. The molecule has 25 heavy (non-hydrogen) atoms. The van der Waals surface area contributed by atoms with Gasteiger partial charge in [-0.15, -0.1) is 5.10 Å². The van der Waals surface area contributed by atoms with Gasteiger partial charge >= 0.3 is 11.6 Å². The molecule has 1 aromatic heterocycles. The SMILES string of the molecule is COc1ccc(OC)c(C(C)NC(=O)c2[nH]nc(OC)c2[N+](=O)[O-])c1. The third-order valence-corrected chi connectivity index (χ3v) is 3.56. The summed E-state index contributed by atoms with van der Waals surface area (Å²) in [6.07, 6.45) is 0. The first-order valence-corrected chi connectivity index (χ1v) is 7.22. The fourth-order valence-electron chi connectivity index (χ4n) is 2.31. The van der Waals surface area contributed by atoms with Crippen LogP contribution in [0.3, 0.4) is 0 Å². The second kappa shape index (κ2) is 7.51. The lowest BCUT2D eigenvalue weighted by Gasteiger charge is -2.17. The molecule has 2 rings (SSSR count). The fraction of sp³-hybridized carbons (Fsp3) is 0.333. The van der Waals surface area contributed by atoms with E-state index in [9.17, 15) is 14.9 Å². The van der Waals surface area contributed by atoms with Gasteiger partial charge in [0.1, 0.15) is 11.5 Å². The van der Waals surface area contributed by atoms with Gasteiger partial charge < -0.3 is 19.5 Å². The van der Waals surface area contributed by atoms with Crippen molar-refractivity contribution in [2.24, 2.45) is 0 Å². The van der Waals surface area contributed by atoms with Gasteiger partial charge in [-0.3, -0.25) is 20.0 Å². The van der Waals surface area contributed by atoms with E-state index in [1.165, 1.54) is 21.3 Å². The molecule has 2 aromatic rings. The molecule has 0 aliphatic carbocycles. The Morgan fingerprint density at radius 1 is 1.28 bits per heavy atom. The maximum Gasteiger partial charge on any atom is 0.362 e. The zero-order valence-corrected chi connectivity index (χ0v) is 14.2. The minimum Gasteiger partial charge on any atom is -0.497 e. The average Bonchev–Trinajstić information content (AvgIpc) is 3.05. The summed E-state index contributed by atoms with van der Waals surface area (Å²) in [5.74, 6) is 0.179. The van der Waals surface area contributed by atoms with E-state index in [0.29, 0.717) is 17.1 Å². The van der Waals surface area contributed by atoms with Gasteiger partial charge in [0.15, 0.2) is 0 Å². The number of aromatic nitrogens is 2. The molecule has 0 saturated carbocycles. The molecular weight excluding hydrogens is 332 g/mol. The van der Waals surface area contributed by atoms with E-state index in [-0.39, 0.29) is 11.6 Å². The Bertz CT molecular complexity index is 788. The zero-order chi connectivity index (χ0) is 18.6. The van der Waals surface area contributed by atoms with Crippen molar-refractivity contribution >= 4 is 11.6 Å². The van der Waals surface area contributed by atoms with Gasteiger partial charge in [0.2, 0.25) is 5.69 Å². The van der Waals surface area contributed by atoms with Crippen LogP contribution in [0.4, 0.5) is 5.69 Å². The monoisotopic (exact) mass is 350 g/mol. The van der Waals surface area contributed by atoms with Gasteiger partial charge in [0.05, 0.1) is 32.3 Å². The molecule has 0 spiro atoms. The van der Waals surface area contributed by atoms with Crippen molar-refractivity contribution in [1.82, 2.24) is 15.5 Å². The van der Waals surface area contributed by atoms with Crippen molar-refractivity contribution in [3.63, 3.8) is 0 Å². The number of ether oxygens (including phenoxy) is 3. The number of benzene rings is 1. The summed E-state index contributed by atoms with van der Waals surface area (Å²) in [7, 11) is 4.26. The lowest BCUT2D eigenvalue weighted by atomic mass is 10.1. The van der Waals surface area contributed by atoms with Crippen LogP contribution in [-0.2, 0) is 0 Å². The molecule has 0 saturated heterocycles. The molecular formula is C15H18N4O6. The van der Waals surface area contributed by atoms with Gasteiger partial charge in [0, 0.05) is 5.56 Å². The number of hydrogen-bond donors (Lipinski definition) is 2. The Labute approximate surface area is 143 Å². The molecule has 1 heterocycles. The van der Waals surface area contributed by atoms with E-state index in [4.69, 9.17) is 14.2 Å². The van der Waals surface area contributed by atoms with Crippen LogP contribution in [0.5, 0.6) is 17.4 Å². The molecule has 0 aliphatic rings. The highest BCUT2D eigenvalue weighted by Crippen LogP contribution is 2.31. The number of rotatable bonds is 7. The number of hydrogen-bond acceptors (Lipinski definition) is 7. The first-order chi connectivity index (χ1) is 11.9. The predicted octanol–water partition coefficient (Wildman–Crippen LogP) is 1.83. The van der Waals surface area contributed by atoms with Crippen molar-refractivity contribution in [2.75, 3.05) is 21.3 Å². The molecule has 0 fully saturated rings. The predicted molar refractivity (Wildman–Crippen MR) is 87.2 cm³/mol. The highest BCUT2D eigenvalue weighted by atomic mass is 16.6. The Morgan fingerprint density at radius 3 is 2.56 bits per heavy atom. The summed E-state index contributed by atoms with van der Waals surface area (Å²) in [6, 6.07) is 4.64. The van der Waals surface area contributed by atoms with Crippen LogP contribution >= 0.6 is 0 Å². The summed E-state index contributed by atoms with van der Waals surface area (Å²) in [5, 5.41) is 19.8. The maximum atomic E-state index is 12.4. The zero-order valence-electron chi connectivity index (χ0n) is 14.2. The number of nitrogens with one attached hydrogen (secondary N) is 2. The third-order valence-electron chi connectivity index (χ3n) is 3.56. The number of nitrogens with zero attached hydrogens (tertiary/aromatic N) is 2. The molecule has 10 heteroatoms. The number of aromatic amines is 1. The first-order valence-electron chi connectivity index (χ1n) is 7.22. The van der Waals surface area contributed by atoms with Crippen molar-refractivity contribution in [3.8, 4) is 17.4 Å². The largest absolute Gasteiger partial charge is 0.497 e. The topological polar surface area (TPSA) is 129 Å². The van der Waals surface area contributed by atoms with Gasteiger partial charge in [-0.05, 0) is 25.1 Å². The Morgan fingerprint density at radius 2 is 2.00 bits per heavy atom. The lowest BCUT2D eigenvalue weighted by molar-refractivity contribution is -0.386. The second-order valence-electron chi connectivity index (χ2n) is 5.02. The van der Waals surface area contributed by atoms with Crippen LogP contribution in [0.25, 0.3) is 0 Å². The van der Waals surface area contributed by atoms with Crippen molar-refractivity contribution < 1.29 is 23.9 Å². The number of carbonyl (C=O) groups excluding carboxylic acids is 1. The highest BCUT2D eigenvalue weighted by Gasteiger charge is 2.31. The first kappa shape index (κ1) is 18.0. The molecule has 0 radical (unpaired) electrons. The number of nitro groups is 1. The summed E-state index contributed by atoms with van der Waals surface area (Å²) in [5.41, 5.74) is -0.162. The van der Waals surface area contributed by atoms with Crippen LogP contribution in [-0.4, -0.2) is 42.4 Å². The maximum absolute atomic E-state index is 12.4. The Balaban J connectivity index is 2.30. The van der Waals surface area contributed by atoms with Gasteiger partial charge in [0.25, 0.3) is 5.91 Å². The van der Waals surface area contributed by atoms with Crippen LogP contribution in [0.1, 0.15) is 29.0 Å². The van der Waals surface area contributed by atoms with Gasteiger partial charge in [-0.25, -0.2) is 0 Å². The number of carbonyl (C=O) groups is 1. The normalized spacial score (nSPS) is 11.5. The van der Waals surface area contributed by atoms with Gasteiger partial charge in [-0.1, -0.05) is 0 Å². The summed E-state index contributed by atoms with van der Waals surface area (Å²) in [4.78, 5) is 22.9. The lowest BCUT2D eigenvalue weighted by Crippen LogP contribution is -2.28. The number of methoxy groups -OCH3 is 3. The number of amides is 1. The fourth-order valence-corrected chi connectivity index (χ4v) is 2.31. The van der Waals surface area contributed by atoms with Crippen LogP contribution in [0.2, 0.25) is 0 Å². The molecule has 0 aliphatic heterocycles. The van der Waals surface area contributed by atoms with E-state index < -0.39 is 22.6 Å². The minimum absolute atomic E-state index is 0.262. The summed E-state index contributed by atoms with van der Waals surface area (Å²) >= 11 is 0. The summed E-state index contributed by atoms with van der Waals surface area (Å²) < 4.78 is 15.2. The molecule has 1 amide bonds. The van der Waals surface area contributed by atoms with Crippen LogP contribution < -0.4 is 19.5 Å². The molecule has 1 unspecified atom stereocenters. The standard InChI is InChI=1S/C15H18N4O6/c1-8(10-7-9(23-2)5-6-11(10)24-3)16-14(20)12-13(19(21)22)15(25-4)18-17-12/h5-8H,1-4H3,(H,16,20)(H,17,18). The summed E-state index contributed by atoms with van der Waals surface area (Å²) in [6.45, 7) is 1.72. The van der Waals surface area contributed by atoms with E-state index in [2.05, 4.69) is 15.5 Å². The smallest absolute Gasteiger partial charge is 0.362 e. The second-order valence-corrected chi connectivity index (χ2v) is 5.02. The Hall–Kier alpha value is -3.30. The number of H-pyrrole nitrogens is 1. The van der Waals surface area contributed by atoms with Crippen molar-refractivity contribution in [2.45, 2.75) is 13.0 Å². The van der Waals surface area contributed by atoms with E-state index >= 15 is 0 Å². The van der Waals surface area contributed by atoms with Crippen molar-refractivity contribution in [3.05, 3.63) is 39.6 Å². The van der Waals surface area contributed by atoms with E-state index in [1.54, 1.807) is 25.1 Å². The molecule has 134 valence electrons. The van der Waals surface area contributed by atoms with E-state index in [1.807, 2.05) is 0 Å². The molecule has 10 nitrogen and oxygen atoms in total.